The molecular formula is C23H31FN4O2. The van der Waals surface area contributed by atoms with Gasteiger partial charge in [-0.15, -0.1) is 0 Å². The summed E-state index contributed by atoms with van der Waals surface area (Å²) < 4.78 is 21.7. The number of hydrogen-bond acceptors (Lipinski definition) is 4. The number of likely N-dealkylation sites (N-methyl/N-ethyl adjacent to an activating group) is 1. The first-order chi connectivity index (χ1) is 14.4. The fourth-order valence-electron chi connectivity index (χ4n) is 4.89. The Hall–Kier alpha value is -2.25. The number of ether oxygens (including phenoxy) is 1. The van der Waals surface area contributed by atoms with Gasteiger partial charge in [0, 0.05) is 39.9 Å². The van der Waals surface area contributed by atoms with Gasteiger partial charge in [-0.2, -0.15) is 5.10 Å². The summed E-state index contributed by atoms with van der Waals surface area (Å²) >= 11 is 0. The van der Waals surface area contributed by atoms with Crippen molar-refractivity contribution in [2.24, 2.45) is 11.8 Å². The Morgan fingerprint density at radius 2 is 2.03 bits per heavy atom. The van der Waals surface area contributed by atoms with Gasteiger partial charge in [-0.05, 0) is 54.9 Å². The van der Waals surface area contributed by atoms with Crippen molar-refractivity contribution >= 4 is 5.91 Å². The molecule has 0 unspecified atom stereocenters. The van der Waals surface area contributed by atoms with Gasteiger partial charge in [-0.3, -0.25) is 14.4 Å². The topological polar surface area (TPSA) is 50.6 Å². The lowest BCUT2D eigenvalue weighted by molar-refractivity contribution is -0.138. The summed E-state index contributed by atoms with van der Waals surface area (Å²) in [5.41, 5.74) is 2.14. The number of halogens is 1. The highest BCUT2D eigenvalue weighted by Crippen LogP contribution is 2.42. The van der Waals surface area contributed by atoms with Gasteiger partial charge in [0.05, 0.1) is 18.3 Å². The van der Waals surface area contributed by atoms with Crippen molar-refractivity contribution in [3.05, 3.63) is 53.6 Å². The fourth-order valence-corrected chi connectivity index (χ4v) is 4.89. The molecule has 4 atom stereocenters. The van der Waals surface area contributed by atoms with E-state index in [9.17, 15) is 9.18 Å². The van der Waals surface area contributed by atoms with Crippen molar-refractivity contribution < 1.29 is 13.9 Å². The van der Waals surface area contributed by atoms with E-state index in [0.717, 1.165) is 43.6 Å². The van der Waals surface area contributed by atoms with Crippen LogP contribution in [0.15, 0.2) is 36.7 Å². The van der Waals surface area contributed by atoms with E-state index in [-0.39, 0.29) is 30.5 Å². The summed E-state index contributed by atoms with van der Waals surface area (Å²) in [6.07, 6.45) is 5.79. The van der Waals surface area contributed by atoms with Crippen LogP contribution in [0.4, 0.5) is 4.39 Å². The summed E-state index contributed by atoms with van der Waals surface area (Å²) in [4.78, 5) is 16.1. The summed E-state index contributed by atoms with van der Waals surface area (Å²) in [5.74, 6) is 0.868. The highest BCUT2D eigenvalue weighted by atomic mass is 19.1. The molecule has 0 spiro atoms. The molecule has 0 N–H and O–H groups in total. The van der Waals surface area contributed by atoms with Crippen LogP contribution in [0.2, 0.25) is 0 Å². The summed E-state index contributed by atoms with van der Waals surface area (Å²) in [7, 11) is 3.50. The van der Waals surface area contributed by atoms with E-state index in [0.29, 0.717) is 11.8 Å². The van der Waals surface area contributed by atoms with Gasteiger partial charge < -0.3 is 9.64 Å². The molecule has 2 fully saturated rings. The van der Waals surface area contributed by atoms with Crippen molar-refractivity contribution in [3.63, 3.8) is 0 Å². The third-order valence-corrected chi connectivity index (χ3v) is 6.45. The molecule has 1 saturated carbocycles. The van der Waals surface area contributed by atoms with E-state index in [4.69, 9.17) is 4.74 Å². The lowest BCUT2D eigenvalue weighted by Gasteiger charge is -2.38. The zero-order chi connectivity index (χ0) is 21.3. The number of benzene rings is 1. The molecule has 2 aromatic rings. The summed E-state index contributed by atoms with van der Waals surface area (Å²) in [6, 6.07) is 7.00. The molecule has 1 aliphatic heterocycles. The molecule has 1 aromatic carbocycles. The highest BCUT2D eigenvalue weighted by molar-refractivity contribution is 5.76. The average molecular weight is 415 g/mol. The number of nitrogens with zero attached hydrogens (tertiary/aromatic N) is 4. The number of carbonyl (C=O) groups is 1. The molecule has 1 saturated heterocycles. The molecule has 1 amide bonds. The minimum atomic E-state index is -0.183. The number of hydrogen-bond donors (Lipinski definition) is 0. The third kappa shape index (κ3) is 4.73. The smallest absolute Gasteiger partial charge is 0.248 e. The van der Waals surface area contributed by atoms with E-state index < -0.39 is 0 Å². The Kier molecular flexibility index (Phi) is 6.20. The molecule has 2 aliphatic rings. The van der Waals surface area contributed by atoms with E-state index in [1.807, 2.05) is 23.9 Å². The van der Waals surface area contributed by atoms with Crippen molar-refractivity contribution in [1.29, 1.82) is 0 Å². The minimum absolute atomic E-state index is 0.0216. The largest absolute Gasteiger partial charge is 0.366 e. The zero-order valence-corrected chi connectivity index (χ0v) is 18.0. The SMILES string of the molecule is Cc1cnn([C@H]2C[C@H]3CN(Cc4cccc(F)c4)C[C@H]3C[C@@H]2OCC(=O)N(C)C)c1. The molecule has 1 aromatic heterocycles. The highest BCUT2D eigenvalue weighted by Gasteiger charge is 2.43. The van der Waals surface area contributed by atoms with E-state index >= 15 is 0 Å². The van der Waals surface area contributed by atoms with Gasteiger partial charge in [0.15, 0.2) is 0 Å². The number of rotatable bonds is 6. The van der Waals surface area contributed by atoms with Crippen molar-refractivity contribution in [2.45, 2.75) is 38.5 Å². The van der Waals surface area contributed by atoms with Crippen molar-refractivity contribution in [1.82, 2.24) is 19.6 Å². The maximum atomic E-state index is 13.6. The molecular weight excluding hydrogens is 383 g/mol. The summed E-state index contributed by atoms with van der Waals surface area (Å²) in [6.45, 7) is 4.88. The molecule has 6 nitrogen and oxygen atoms in total. The van der Waals surface area contributed by atoms with E-state index in [2.05, 4.69) is 16.2 Å². The van der Waals surface area contributed by atoms with Gasteiger partial charge in [0.1, 0.15) is 12.4 Å². The second kappa shape index (κ2) is 8.86. The summed E-state index contributed by atoms with van der Waals surface area (Å²) in [5, 5.41) is 4.55. The second-order valence-corrected chi connectivity index (χ2v) is 9.02. The number of likely N-dealkylation sites (tertiary alicyclic amines) is 1. The first kappa shape index (κ1) is 21.0. The van der Waals surface area contributed by atoms with Crippen LogP contribution in [0.25, 0.3) is 0 Å². The first-order valence-corrected chi connectivity index (χ1v) is 10.7. The van der Waals surface area contributed by atoms with Crippen molar-refractivity contribution in [3.8, 4) is 0 Å². The van der Waals surface area contributed by atoms with Crippen LogP contribution in [0.5, 0.6) is 0 Å². The van der Waals surface area contributed by atoms with Gasteiger partial charge in [-0.1, -0.05) is 12.1 Å². The Morgan fingerprint density at radius 1 is 1.27 bits per heavy atom. The zero-order valence-electron chi connectivity index (χ0n) is 18.0. The number of amides is 1. The quantitative estimate of drug-likeness (QED) is 0.729. The van der Waals surface area contributed by atoms with Gasteiger partial charge in [-0.25, -0.2) is 4.39 Å². The molecule has 7 heteroatoms. The van der Waals surface area contributed by atoms with E-state index in [1.165, 1.54) is 6.07 Å². The maximum absolute atomic E-state index is 13.6. The minimum Gasteiger partial charge on any atom is -0.366 e. The number of aromatic nitrogens is 2. The number of fused-ring (bicyclic) bond motifs is 1. The molecule has 162 valence electrons. The van der Waals surface area contributed by atoms with Crippen LogP contribution >= 0.6 is 0 Å². The lowest BCUT2D eigenvalue weighted by Crippen LogP contribution is -2.40. The predicted molar refractivity (Wildman–Crippen MR) is 112 cm³/mol. The average Bonchev–Trinajstić information content (AvgIpc) is 3.30. The van der Waals surface area contributed by atoms with Crippen LogP contribution in [0, 0.1) is 24.6 Å². The maximum Gasteiger partial charge on any atom is 0.248 e. The van der Waals surface area contributed by atoms with Gasteiger partial charge in [0.25, 0.3) is 0 Å². The Labute approximate surface area is 177 Å². The second-order valence-electron chi connectivity index (χ2n) is 9.02. The standard InChI is InChI=1S/C23H31FN4O2/c1-16-10-25-28(11-16)21-8-18-13-27(12-17-5-4-6-20(24)7-17)14-19(18)9-22(21)30-15-23(29)26(2)3/h4-7,10-11,18-19,21-22H,8-9,12-15H2,1-3H3/t18-,19+,21-,22-/m0/s1. The molecule has 1 aliphatic carbocycles. The van der Waals surface area contributed by atoms with Gasteiger partial charge in [0.2, 0.25) is 5.91 Å². The Morgan fingerprint density at radius 3 is 2.70 bits per heavy atom. The Bertz CT molecular complexity index is 884. The van der Waals surface area contributed by atoms with Crippen LogP contribution in [0.1, 0.15) is 30.0 Å². The van der Waals surface area contributed by atoms with Crippen LogP contribution in [-0.2, 0) is 16.1 Å². The monoisotopic (exact) mass is 414 g/mol. The first-order valence-electron chi connectivity index (χ1n) is 10.7. The van der Waals surface area contributed by atoms with Crippen LogP contribution < -0.4 is 0 Å². The molecule has 30 heavy (non-hydrogen) atoms. The molecule has 2 heterocycles. The molecule has 0 radical (unpaired) electrons. The van der Waals surface area contributed by atoms with E-state index in [1.54, 1.807) is 31.1 Å². The number of aryl methyl sites for hydroxylation is 1. The fraction of sp³-hybridized carbons (Fsp3) is 0.565. The van der Waals surface area contributed by atoms with Gasteiger partial charge >= 0.3 is 0 Å². The van der Waals surface area contributed by atoms with Crippen LogP contribution in [-0.4, -0.2) is 65.4 Å². The molecule has 0 bridgehead atoms. The third-order valence-electron chi connectivity index (χ3n) is 6.45. The molecule has 4 rings (SSSR count). The lowest BCUT2D eigenvalue weighted by atomic mass is 9.77. The van der Waals surface area contributed by atoms with Crippen molar-refractivity contribution in [2.75, 3.05) is 33.8 Å². The number of carbonyl (C=O) groups excluding carboxylic acids is 1. The Balaban J connectivity index is 1.46. The normalized spacial score (nSPS) is 26.5. The van der Waals surface area contributed by atoms with Crippen LogP contribution in [0.3, 0.4) is 0 Å². The predicted octanol–water partition coefficient (Wildman–Crippen LogP) is 2.89.